The highest BCUT2D eigenvalue weighted by Gasteiger charge is 2.65. The molecule has 7 atom stereocenters. The first-order valence-corrected chi connectivity index (χ1v) is 16.2. The Morgan fingerprint density at radius 1 is 1.05 bits per heavy atom. The van der Waals surface area contributed by atoms with Gasteiger partial charge in [-0.1, -0.05) is 52.7 Å². The molecule has 0 aliphatic heterocycles. The van der Waals surface area contributed by atoms with Crippen molar-refractivity contribution in [2.24, 2.45) is 28.1 Å². The molecule has 1 unspecified atom stereocenters. The Morgan fingerprint density at radius 3 is 2.48 bits per heavy atom. The maximum absolute atomic E-state index is 11.0. The number of nitrogens with zero attached hydrogens (tertiary/aromatic N) is 1. The first-order chi connectivity index (χ1) is 20.8. The van der Waals surface area contributed by atoms with Gasteiger partial charge in [0, 0.05) is 28.4 Å². The minimum absolute atomic E-state index is 0.0241. The Balaban J connectivity index is 0.00000110. The summed E-state index contributed by atoms with van der Waals surface area (Å²) >= 11 is 0. The largest absolute Gasteiger partial charge is 0.504 e. The van der Waals surface area contributed by atoms with Crippen molar-refractivity contribution in [1.29, 1.82) is 5.26 Å². The minimum atomic E-state index is -0.250. The molecule has 3 aromatic rings. The Labute approximate surface area is 260 Å². The van der Waals surface area contributed by atoms with Crippen LogP contribution in [0.5, 0.6) is 11.5 Å². The SMILES string of the molecule is Cc1c(O)c(O)cc2c1C(c1c[nH]c3ccc(C#N)cc13)C=C1[C@@]2(C)CC[C@@]2(C)[C@@H]3C[C@@H](C)CC[C@]3(C)CC[C@]12C.O=CO. The number of hydrogen-bond donors (Lipinski definition) is 4. The van der Waals surface area contributed by atoms with E-state index in [0.717, 1.165) is 45.5 Å². The van der Waals surface area contributed by atoms with Gasteiger partial charge in [-0.15, -0.1) is 0 Å². The van der Waals surface area contributed by atoms with Gasteiger partial charge in [-0.25, -0.2) is 0 Å². The summed E-state index contributed by atoms with van der Waals surface area (Å²) < 4.78 is 0. The zero-order valence-electron chi connectivity index (χ0n) is 26.9. The Bertz CT molecular complexity index is 1730. The molecular weight excluding hydrogens is 548 g/mol. The summed E-state index contributed by atoms with van der Waals surface area (Å²) in [6, 6.07) is 10.0. The molecule has 2 aromatic carbocycles. The fourth-order valence-corrected chi connectivity index (χ4v) is 10.5. The molecule has 44 heavy (non-hydrogen) atoms. The van der Waals surface area contributed by atoms with Crippen LogP contribution < -0.4 is 0 Å². The summed E-state index contributed by atoms with van der Waals surface area (Å²) in [6.45, 7) is 14.3. The number of hydrogen-bond acceptors (Lipinski definition) is 4. The fourth-order valence-electron chi connectivity index (χ4n) is 10.5. The number of aromatic amines is 1. The molecule has 4 N–H and O–H groups in total. The van der Waals surface area contributed by atoms with Crippen molar-refractivity contribution in [3.05, 3.63) is 69.9 Å². The molecule has 0 bridgehead atoms. The molecule has 6 heteroatoms. The summed E-state index contributed by atoms with van der Waals surface area (Å²) in [5, 5.41) is 39.6. The van der Waals surface area contributed by atoms with Crippen LogP contribution in [-0.4, -0.2) is 26.8 Å². The van der Waals surface area contributed by atoms with Gasteiger partial charge in [0.15, 0.2) is 11.5 Å². The van der Waals surface area contributed by atoms with Crippen LogP contribution in [-0.2, 0) is 10.2 Å². The molecule has 3 fully saturated rings. The van der Waals surface area contributed by atoms with Crippen LogP contribution >= 0.6 is 0 Å². The van der Waals surface area contributed by atoms with Crippen LogP contribution in [0.3, 0.4) is 0 Å². The predicted molar refractivity (Wildman–Crippen MR) is 173 cm³/mol. The lowest BCUT2D eigenvalue weighted by Gasteiger charge is -2.69. The van der Waals surface area contributed by atoms with Crippen LogP contribution in [0, 0.1) is 46.3 Å². The number of H-pyrrole nitrogens is 1. The molecule has 1 aromatic heterocycles. The number of phenolic OH excluding ortho intramolecular Hbond substituents is 2. The van der Waals surface area contributed by atoms with Crippen LogP contribution in [0.2, 0.25) is 0 Å². The lowest BCUT2D eigenvalue weighted by Crippen LogP contribution is -2.61. The Hall–Kier alpha value is -3.72. The standard InChI is InChI=1S/C37H44N2O2.CH2O2/c1-21-9-10-34(3)11-13-37(6)31-17-25(26-20-39-28-8-7-23(19-38)16-24(26)28)32-22(2)33(41)29(40)18-27(32)35(31,4)12-14-36(37,5)30(34)15-21;2-1-3/h7-8,16-18,20-21,25,30,39-41H,9-15H2,1-6H3;1H,(H,2,3)/t21-,25?,30+,34+,35-,36-,37+;/m0./s1. The maximum Gasteiger partial charge on any atom is 0.290 e. The molecule has 4 aliphatic rings. The summed E-state index contributed by atoms with van der Waals surface area (Å²) in [6.07, 6.45) is 13.3. The highest BCUT2D eigenvalue weighted by Crippen LogP contribution is 2.74. The van der Waals surface area contributed by atoms with E-state index in [1.165, 1.54) is 44.1 Å². The molecule has 0 amide bonds. The number of nitriles is 1. The zero-order valence-corrected chi connectivity index (χ0v) is 26.9. The highest BCUT2D eigenvalue weighted by atomic mass is 16.3. The van der Waals surface area contributed by atoms with E-state index in [1.807, 2.05) is 31.2 Å². The number of aromatic hydroxyl groups is 2. The smallest absolute Gasteiger partial charge is 0.290 e. The number of allylic oxidation sites excluding steroid dienone is 2. The number of carbonyl (C=O) groups is 1. The van der Waals surface area contributed by atoms with Crippen LogP contribution in [0.1, 0.15) is 113 Å². The summed E-state index contributed by atoms with van der Waals surface area (Å²) in [4.78, 5) is 11.8. The average molecular weight is 595 g/mol. The normalized spacial score (nSPS) is 35.5. The average Bonchev–Trinajstić information content (AvgIpc) is 3.42. The molecular formula is C38H46N2O4. The van der Waals surface area contributed by atoms with Crippen molar-refractivity contribution in [2.75, 3.05) is 0 Å². The summed E-state index contributed by atoms with van der Waals surface area (Å²) in [5.74, 6) is 1.34. The second-order valence-electron chi connectivity index (χ2n) is 15.3. The summed E-state index contributed by atoms with van der Waals surface area (Å²) in [5.41, 5.74) is 7.75. The van der Waals surface area contributed by atoms with Crippen molar-refractivity contribution < 1.29 is 20.1 Å². The lowest BCUT2D eigenvalue weighted by molar-refractivity contribution is -0.145. The Morgan fingerprint density at radius 2 is 1.77 bits per heavy atom. The third-order valence-corrected chi connectivity index (χ3v) is 13.2. The zero-order chi connectivity index (χ0) is 31.8. The van der Waals surface area contributed by atoms with Gasteiger partial charge in [0.05, 0.1) is 11.6 Å². The highest BCUT2D eigenvalue weighted by molar-refractivity contribution is 5.86. The van der Waals surface area contributed by atoms with Crippen molar-refractivity contribution in [1.82, 2.24) is 4.98 Å². The van der Waals surface area contributed by atoms with Crippen LogP contribution in [0.15, 0.2) is 42.1 Å². The van der Waals surface area contributed by atoms with Gasteiger partial charge in [-0.05, 0) is 120 Å². The number of benzene rings is 2. The molecule has 3 saturated carbocycles. The first-order valence-electron chi connectivity index (χ1n) is 16.2. The van der Waals surface area contributed by atoms with E-state index in [4.69, 9.17) is 9.90 Å². The van der Waals surface area contributed by atoms with Crippen molar-refractivity contribution >= 4 is 17.4 Å². The minimum Gasteiger partial charge on any atom is -0.504 e. The van der Waals surface area contributed by atoms with E-state index >= 15 is 0 Å². The van der Waals surface area contributed by atoms with E-state index in [0.29, 0.717) is 16.9 Å². The van der Waals surface area contributed by atoms with Gasteiger partial charge in [0.25, 0.3) is 6.47 Å². The van der Waals surface area contributed by atoms with Gasteiger partial charge < -0.3 is 20.3 Å². The van der Waals surface area contributed by atoms with Crippen LogP contribution in [0.25, 0.3) is 10.9 Å². The molecule has 6 nitrogen and oxygen atoms in total. The monoisotopic (exact) mass is 594 g/mol. The second-order valence-corrected chi connectivity index (χ2v) is 15.3. The number of fused-ring (bicyclic) bond motifs is 8. The van der Waals surface area contributed by atoms with Crippen molar-refractivity contribution in [3.63, 3.8) is 0 Å². The lowest BCUT2D eigenvalue weighted by atomic mass is 9.35. The number of phenols is 2. The van der Waals surface area contributed by atoms with Gasteiger partial charge in [0.2, 0.25) is 0 Å². The third-order valence-electron chi connectivity index (χ3n) is 13.2. The molecule has 4 aliphatic carbocycles. The topological polar surface area (TPSA) is 117 Å². The van der Waals surface area contributed by atoms with Crippen molar-refractivity contribution in [3.8, 4) is 17.6 Å². The van der Waals surface area contributed by atoms with E-state index in [-0.39, 0.29) is 40.1 Å². The number of aromatic nitrogens is 1. The van der Waals surface area contributed by atoms with E-state index < -0.39 is 0 Å². The molecule has 232 valence electrons. The third kappa shape index (κ3) is 4.00. The summed E-state index contributed by atoms with van der Waals surface area (Å²) in [7, 11) is 0. The molecule has 0 spiro atoms. The van der Waals surface area contributed by atoms with Gasteiger partial charge in [0.1, 0.15) is 0 Å². The molecule has 1 heterocycles. The van der Waals surface area contributed by atoms with E-state index in [2.05, 4.69) is 57.9 Å². The molecule has 7 rings (SSSR count). The number of rotatable bonds is 1. The molecule has 0 radical (unpaired) electrons. The predicted octanol–water partition coefficient (Wildman–Crippen LogP) is 8.83. The quantitative estimate of drug-likeness (QED) is 0.128. The fraction of sp³-hybridized carbons (Fsp3) is 0.526. The van der Waals surface area contributed by atoms with Crippen molar-refractivity contribution in [2.45, 2.75) is 97.8 Å². The van der Waals surface area contributed by atoms with Gasteiger partial charge >= 0.3 is 0 Å². The number of nitrogens with one attached hydrogen (secondary N) is 1. The number of carboxylic acid groups (broad SMARTS) is 1. The first kappa shape index (κ1) is 30.3. The molecule has 0 saturated heterocycles. The van der Waals surface area contributed by atoms with Gasteiger partial charge in [-0.2, -0.15) is 5.26 Å². The Kier molecular flexibility index (Phi) is 7.00. The maximum atomic E-state index is 11.0. The van der Waals surface area contributed by atoms with Crippen LogP contribution in [0.4, 0.5) is 0 Å². The van der Waals surface area contributed by atoms with E-state index in [9.17, 15) is 15.5 Å². The van der Waals surface area contributed by atoms with Gasteiger partial charge in [-0.3, -0.25) is 4.79 Å². The van der Waals surface area contributed by atoms with E-state index in [1.54, 1.807) is 0 Å². The second kappa shape index (κ2) is 10.2.